The summed E-state index contributed by atoms with van der Waals surface area (Å²) in [7, 11) is 0. The van der Waals surface area contributed by atoms with Crippen LogP contribution in [0.5, 0.6) is 0 Å². The standard InChI is InChI=1S/C25H38O5/c1-16(26)29-17-6-7-22(4)20(2)8-10-23(5)21(3,9-11-25(23)27-12-13-28-25)18(20)14-19-24(22,15-17)30-19/h17-19H,6-15H2,1-5H3/t17-,18?,19-,20-,21-,22+,23-,24-/m0/s1. The third-order valence-corrected chi connectivity index (χ3v) is 11.8. The molecule has 0 aromatic carbocycles. The lowest BCUT2D eigenvalue weighted by atomic mass is 9.35. The molecular weight excluding hydrogens is 380 g/mol. The molecule has 4 aliphatic carbocycles. The Balaban J connectivity index is 1.38. The van der Waals surface area contributed by atoms with E-state index in [0.29, 0.717) is 12.0 Å². The minimum Gasteiger partial charge on any atom is -0.462 e. The van der Waals surface area contributed by atoms with Gasteiger partial charge in [-0.05, 0) is 55.3 Å². The topological polar surface area (TPSA) is 57.3 Å². The summed E-state index contributed by atoms with van der Waals surface area (Å²) < 4.78 is 25.0. The second kappa shape index (κ2) is 5.63. The molecule has 2 heterocycles. The number of carbonyl (C=O) groups excluding carboxylic acids is 1. The molecule has 5 nitrogen and oxygen atoms in total. The zero-order valence-electron chi connectivity index (χ0n) is 19.3. The molecule has 2 spiro atoms. The first-order chi connectivity index (χ1) is 14.1. The number of hydrogen-bond acceptors (Lipinski definition) is 5. The molecule has 8 atom stereocenters. The summed E-state index contributed by atoms with van der Waals surface area (Å²) in [6.07, 6.45) is 8.91. The lowest BCUT2D eigenvalue weighted by molar-refractivity contribution is -0.280. The van der Waals surface area contributed by atoms with Gasteiger partial charge in [0.2, 0.25) is 0 Å². The maximum Gasteiger partial charge on any atom is 0.302 e. The third kappa shape index (κ3) is 1.96. The van der Waals surface area contributed by atoms with Crippen molar-refractivity contribution in [2.75, 3.05) is 13.2 Å². The van der Waals surface area contributed by atoms with Crippen LogP contribution in [0.25, 0.3) is 0 Å². The highest BCUT2D eigenvalue weighted by molar-refractivity contribution is 5.66. The second-order valence-corrected chi connectivity index (χ2v) is 12.2. The highest BCUT2D eigenvalue weighted by atomic mass is 16.7. The van der Waals surface area contributed by atoms with E-state index in [-0.39, 0.29) is 45.1 Å². The third-order valence-electron chi connectivity index (χ3n) is 11.8. The summed E-state index contributed by atoms with van der Waals surface area (Å²) in [4.78, 5) is 11.6. The van der Waals surface area contributed by atoms with E-state index < -0.39 is 0 Å². The molecule has 168 valence electrons. The Morgan fingerprint density at radius 3 is 2.27 bits per heavy atom. The van der Waals surface area contributed by atoms with Gasteiger partial charge in [0.25, 0.3) is 0 Å². The number of fused-ring (bicyclic) bond motifs is 5. The van der Waals surface area contributed by atoms with Gasteiger partial charge >= 0.3 is 5.97 Å². The zero-order chi connectivity index (χ0) is 21.2. The van der Waals surface area contributed by atoms with E-state index in [9.17, 15) is 4.79 Å². The first-order valence-electron chi connectivity index (χ1n) is 12.2. The number of hydrogen-bond donors (Lipinski definition) is 0. The van der Waals surface area contributed by atoms with Crippen LogP contribution < -0.4 is 0 Å². The first-order valence-corrected chi connectivity index (χ1v) is 12.2. The van der Waals surface area contributed by atoms with E-state index in [4.69, 9.17) is 18.9 Å². The fraction of sp³-hybridized carbons (Fsp3) is 0.960. The molecule has 0 amide bonds. The maximum atomic E-state index is 11.6. The van der Waals surface area contributed by atoms with Crippen LogP contribution in [0.2, 0.25) is 0 Å². The number of ether oxygens (including phenoxy) is 4. The van der Waals surface area contributed by atoms with Gasteiger partial charge in [-0.2, -0.15) is 0 Å². The molecule has 1 unspecified atom stereocenters. The van der Waals surface area contributed by atoms with Gasteiger partial charge in [-0.15, -0.1) is 0 Å². The molecule has 0 aromatic heterocycles. The van der Waals surface area contributed by atoms with Crippen molar-refractivity contribution in [3.63, 3.8) is 0 Å². The molecular formula is C25H38O5. The average molecular weight is 419 g/mol. The summed E-state index contributed by atoms with van der Waals surface area (Å²) in [5, 5.41) is 0. The smallest absolute Gasteiger partial charge is 0.302 e. The van der Waals surface area contributed by atoms with E-state index in [1.165, 1.54) is 19.8 Å². The van der Waals surface area contributed by atoms with Crippen LogP contribution in [-0.2, 0) is 23.7 Å². The van der Waals surface area contributed by atoms with E-state index >= 15 is 0 Å². The minimum absolute atomic E-state index is 0.0141. The van der Waals surface area contributed by atoms with E-state index in [1.807, 2.05) is 0 Å². The highest BCUT2D eigenvalue weighted by Crippen LogP contribution is 2.82. The van der Waals surface area contributed by atoms with Crippen molar-refractivity contribution in [2.45, 2.75) is 110 Å². The maximum absolute atomic E-state index is 11.6. The molecule has 6 rings (SSSR count). The molecule has 6 fully saturated rings. The molecule has 6 aliphatic rings. The van der Waals surface area contributed by atoms with Crippen LogP contribution in [0.1, 0.15) is 86.0 Å². The Bertz CT molecular complexity index is 790. The van der Waals surface area contributed by atoms with Gasteiger partial charge in [0.1, 0.15) is 11.7 Å². The normalized spacial score (nSPS) is 57.8. The lowest BCUT2D eigenvalue weighted by Crippen LogP contribution is -2.68. The predicted molar refractivity (Wildman–Crippen MR) is 111 cm³/mol. The molecule has 0 radical (unpaired) electrons. The van der Waals surface area contributed by atoms with Crippen LogP contribution in [0.3, 0.4) is 0 Å². The van der Waals surface area contributed by atoms with Crippen molar-refractivity contribution in [1.29, 1.82) is 0 Å². The number of carbonyl (C=O) groups is 1. The molecule has 30 heavy (non-hydrogen) atoms. The quantitative estimate of drug-likeness (QED) is 0.460. The zero-order valence-corrected chi connectivity index (χ0v) is 19.3. The van der Waals surface area contributed by atoms with Crippen molar-refractivity contribution in [2.24, 2.45) is 27.6 Å². The fourth-order valence-corrected chi connectivity index (χ4v) is 9.70. The highest BCUT2D eigenvalue weighted by Gasteiger charge is 2.83. The first kappa shape index (κ1) is 20.0. The van der Waals surface area contributed by atoms with Crippen molar-refractivity contribution in [3.8, 4) is 0 Å². The van der Waals surface area contributed by atoms with Crippen molar-refractivity contribution < 1.29 is 23.7 Å². The SMILES string of the molecule is CC(=O)O[C@H]1CC[C@]2(C)[C@@]3(C)CC[C@]4(C)C5(CC[C@@]4(C)C3C[C@@H]3O[C@@]32C1)OCCO5. The lowest BCUT2D eigenvalue weighted by Gasteiger charge is -2.68. The molecule has 0 N–H and O–H groups in total. The summed E-state index contributed by atoms with van der Waals surface area (Å²) in [5.41, 5.74) is 0.498. The molecule has 2 saturated heterocycles. The molecule has 4 saturated carbocycles. The molecule has 0 bridgehead atoms. The number of rotatable bonds is 1. The van der Waals surface area contributed by atoms with Crippen molar-refractivity contribution in [1.82, 2.24) is 0 Å². The summed E-state index contributed by atoms with van der Waals surface area (Å²) in [6, 6.07) is 0. The van der Waals surface area contributed by atoms with Crippen LogP contribution >= 0.6 is 0 Å². The Labute approximate surface area is 180 Å². The van der Waals surface area contributed by atoms with Gasteiger partial charge in [0.05, 0.1) is 19.3 Å². The molecule has 5 heteroatoms. The van der Waals surface area contributed by atoms with Gasteiger partial charge in [-0.3, -0.25) is 4.79 Å². The van der Waals surface area contributed by atoms with E-state index in [1.54, 1.807) is 0 Å². The largest absolute Gasteiger partial charge is 0.462 e. The molecule has 2 aliphatic heterocycles. The van der Waals surface area contributed by atoms with Crippen LogP contribution in [0.4, 0.5) is 0 Å². The van der Waals surface area contributed by atoms with Crippen LogP contribution in [0, 0.1) is 27.6 Å². The van der Waals surface area contributed by atoms with Crippen LogP contribution in [0.15, 0.2) is 0 Å². The Hall–Kier alpha value is -0.650. The minimum atomic E-state index is -0.379. The van der Waals surface area contributed by atoms with Gasteiger partial charge in [-0.1, -0.05) is 27.7 Å². The molecule has 0 aromatic rings. The van der Waals surface area contributed by atoms with Crippen molar-refractivity contribution in [3.05, 3.63) is 0 Å². The Morgan fingerprint density at radius 2 is 1.57 bits per heavy atom. The summed E-state index contributed by atoms with van der Waals surface area (Å²) in [6.45, 7) is 13.1. The Kier molecular flexibility index (Phi) is 3.75. The summed E-state index contributed by atoms with van der Waals surface area (Å²) in [5.74, 6) is 0.0633. The predicted octanol–water partition coefficient (Wildman–Crippen LogP) is 4.62. The average Bonchev–Trinajstić information content (AvgIpc) is 3.06. The van der Waals surface area contributed by atoms with Gasteiger partial charge in [0.15, 0.2) is 5.79 Å². The van der Waals surface area contributed by atoms with Gasteiger partial charge in [-0.25, -0.2) is 0 Å². The summed E-state index contributed by atoms with van der Waals surface area (Å²) >= 11 is 0. The van der Waals surface area contributed by atoms with Gasteiger partial charge < -0.3 is 18.9 Å². The van der Waals surface area contributed by atoms with Gasteiger partial charge in [0, 0.05) is 30.6 Å². The van der Waals surface area contributed by atoms with Crippen molar-refractivity contribution >= 4 is 5.97 Å². The fourth-order valence-electron chi connectivity index (χ4n) is 9.70. The van der Waals surface area contributed by atoms with E-state index in [0.717, 1.165) is 51.7 Å². The second-order valence-electron chi connectivity index (χ2n) is 12.2. The van der Waals surface area contributed by atoms with E-state index in [2.05, 4.69) is 27.7 Å². The Morgan fingerprint density at radius 1 is 0.900 bits per heavy atom. The number of epoxide rings is 1. The monoisotopic (exact) mass is 418 g/mol. The number of esters is 1. The van der Waals surface area contributed by atoms with Crippen LogP contribution in [-0.4, -0.2) is 42.8 Å².